The lowest BCUT2D eigenvalue weighted by Crippen LogP contribution is -2.60. The van der Waals surface area contributed by atoms with Crippen LogP contribution >= 0.6 is 0 Å². The van der Waals surface area contributed by atoms with Crippen LogP contribution in [0.2, 0.25) is 0 Å². The van der Waals surface area contributed by atoms with Gasteiger partial charge in [-0.05, 0) is 6.92 Å². The van der Waals surface area contributed by atoms with Gasteiger partial charge >= 0.3 is 5.97 Å². The predicted octanol–water partition coefficient (Wildman–Crippen LogP) is -0.192. The number of hydrogen-bond acceptors (Lipinski definition) is 4. The third-order valence-corrected chi connectivity index (χ3v) is 3.00. The molecular weight excluding hydrogens is 158 g/mol. The first-order valence-corrected chi connectivity index (χ1v) is 4.08. The highest BCUT2D eigenvalue weighted by molar-refractivity contribution is 5.82. The van der Waals surface area contributed by atoms with Crippen molar-refractivity contribution in [2.75, 3.05) is 7.11 Å². The number of fused-ring (bicyclic) bond motifs is 1. The first kappa shape index (κ1) is 8.01. The van der Waals surface area contributed by atoms with Gasteiger partial charge in [0.15, 0.2) is 5.60 Å². The maximum atomic E-state index is 11.3. The lowest BCUT2D eigenvalue weighted by Gasteiger charge is -2.39. The summed E-state index contributed by atoms with van der Waals surface area (Å²) in [6, 6.07) is 0. The largest absolute Gasteiger partial charge is 0.467 e. The van der Waals surface area contributed by atoms with Crippen LogP contribution in [-0.4, -0.2) is 30.3 Å². The van der Waals surface area contributed by atoms with Gasteiger partial charge < -0.3 is 15.2 Å². The van der Waals surface area contributed by atoms with E-state index in [1.165, 1.54) is 7.11 Å². The summed E-state index contributed by atoms with van der Waals surface area (Å²) in [7, 11) is 1.37. The van der Waals surface area contributed by atoms with Crippen LogP contribution in [0.15, 0.2) is 0 Å². The summed E-state index contributed by atoms with van der Waals surface area (Å²) in [4.78, 5) is 11.3. The van der Waals surface area contributed by atoms with Gasteiger partial charge in [0.2, 0.25) is 0 Å². The Hall–Kier alpha value is -0.610. The van der Waals surface area contributed by atoms with E-state index in [2.05, 4.69) is 4.74 Å². The molecule has 2 N–H and O–H groups in total. The Morgan fingerprint density at radius 1 is 1.67 bits per heavy atom. The molecule has 2 aliphatic heterocycles. The van der Waals surface area contributed by atoms with Gasteiger partial charge in [-0.25, -0.2) is 4.79 Å². The molecule has 0 amide bonds. The van der Waals surface area contributed by atoms with E-state index in [1.54, 1.807) is 0 Å². The highest BCUT2D eigenvalue weighted by Crippen LogP contribution is 2.54. The topological polar surface area (TPSA) is 61.5 Å². The maximum absolute atomic E-state index is 11.3. The lowest BCUT2D eigenvalue weighted by molar-refractivity contribution is -0.168. The molecule has 4 nitrogen and oxygen atoms in total. The summed E-state index contributed by atoms with van der Waals surface area (Å²) < 4.78 is 10.1. The quantitative estimate of drug-likeness (QED) is 0.555. The van der Waals surface area contributed by atoms with E-state index >= 15 is 0 Å². The summed E-state index contributed by atoms with van der Waals surface area (Å²) in [6.07, 6.45) is 1.18. The molecule has 0 spiro atoms. The Balaban J connectivity index is 2.17. The van der Waals surface area contributed by atoms with Crippen LogP contribution in [0.25, 0.3) is 0 Å². The molecule has 0 radical (unpaired) electrons. The number of rotatable bonds is 1. The number of carbonyl (C=O) groups excluding carboxylic acids is 1. The standard InChI is InChI=1S/C8H13NO3/c1-5-7(9)3-8(4-7,12-5)6(10)11-2/h5H,3-4,9H2,1-2H3. The SMILES string of the molecule is COC(=O)C12CC(N)(C1)C(C)O2. The minimum atomic E-state index is -0.705. The fourth-order valence-corrected chi connectivity index (χ4v) is 2.22. The van der Waals surface area contributed by atoms with Gasteiger partial charge in [0.05, 0.1) is 13.2 Å². The predicted molar refractivity (Wildman–Crippen MR) is 41.4 cm³/mol. The number of methoxy groups -OCH3 is 1. The molecule has 1 unspecified atom stereocenters. The second-order valence-electron chi connectivity index (χ2n) is 3.83. The van der Waals surface area contributed by atoms with Gasteiger partial charge in [-0.2, -0.15) is 0 Å². The Bertz CT molecular complexity index is 227. The van der Waals surface area contributed by atoms with Gasteiger partial charge in [-0.1, -0.05) is 0 Å². The monoisotopic (exact) mass is 171 g/mol. The minimum Gasteiger partial charge on any atom is -0.467 e. The van der Waals surface area contributed by atoms with Crippen molar-refractivity contribution in [2.45, 2.75) is 37.0 Å². The van der Waals surface area contributed by atoms with E-state index in [0.717, 1.165) is 0 Å². The highest BCUT2D eigenvalue weighted by Gasteiger charge is 2.69. The van der Waals surface area contributed by atoms with E-state index in [4.69, 9.17) is 10.5 Å². The van der Waals surface area contributed by atoms with Crippen molar-refractivity contribution in [3.05, 3.63) is 0 Å². The fraction of sp³-hybridized carbons (Fsp3) is 0.875. The molecule has 2 bridgehead atoms. The summed E-state index contributed by atoms with van der Waals surface area (Å²) in [5.74, 6) is -0.284. The minimum absolute atomic E-state index is 0.0309. The average molecular weight is 171 g/mol. The van der Waals surface area contributed by atoms with E-state index in [9.17, 15) is 4.79 Å². The molecule has 0 aromatic carbocycles. The number of hydrogen-bond donors (Lipinski definition) is 1. The molecule has 1 aliphatic carbocycles. The Labute approximate surface area is 71.0 Å². The number of carbonyl (C=O) groups is 1. The van der Waals surface area contributed by atoms with Crippen LogP contribution in [0.5, 0.6) is 0 Å². The third kappa shape index (κ3) is 0.716. The molecule has 68 valence electrons. The molecule has 2 heterocycles. The van der Waals surface area contributed by atoms with Crippen molar-refractivity contribution in [1.29, 1.82) is 0 Å². The van der Waals surface area contributed by atoms with Crippen LogP contribution in [-0.2, 0) is 14.3 Å². The van der Waals surface area contributed by atoms with Gasteiger partial charge in [0.1, 0.15) is 0 Å². The first-order valence-electron chi connectivity index (χ1n) is 4.08. The maximum Gasteiger partial charge on any atom is 0.338 e. The number of nitrogens with two attached hydrogens (primary N) is 1. The summed E-state index contributed by atoms with van der Waals surface area (Å²) in [6.45, 7) is 1.90. The molecule has 3 rings (SSSR count). The van der Waals surface area contributed by atoms with Crippen molar-refractivity contribution in [3.63, 3.8) is 0 Å². The van der Waals surface area contributed by atoms with E-state index < -0.39 is 5.60 Å². The molecule has 2 saturated heterocycles. The zero-order valence-electron chi connectivity index (χ0n) is 7.29. The van der Waals surface area contributed by atoms with Crippen molar-refractivity contribution in [1.82, 2.24) is 0 Å². The van der Waals surface area contributed by atoms with E-state index in [-0.39, 0.29) is 17.6 Å². The normalized spacial score (nSPS) is 50.1. The van der Waals surface area contributed by atoms with Crippen molar-refractivity contribution < 1.29 is 14.3 Å². The summed E-state index contributed by atoms with van der Waals surface area (Å²) in [5.41, 5.74) is 4.94. The van der Waals surface area contributed by atoms with Crippen LogP contribution in [0, 0.1) is 0 Å². The Kier molecular flexibility index (Phi) is 1.34. The fourth-order valence-electron chi connectivity index (χ4n) is 2.22. The van der Waals surface area contributed by atoms with Gasteiger partial charge in [0, 0.05) is 18.4 Å². The molecule has 3 fully saturated rings. The zero-order chi connectivity index (χ0) is 8.98. The average Bonchev–Trinajstić information content (AvgIpc) is 2.35. The smallest absolute Gasteiger partial charge is 0.338 e. The van der Waals surface area contributed by atoms with Crippen LogP contribution in [0.1, 0.15) is 19.8 Å². The molecule has 12 heavy (non-hydrogen) atoms. The Morgan fingerprint density at radius 3 is 2.58 bits per heavy atom. The molecule has 0 aromatic rings. The highest BCUT2D eigenvalue weighted by atomic mass is 16.6. The number of esters is 1. The molecule has 1 saturated carbocycles. The van der Waals surface area contributed by atoms with Gasteiger partial charge in [-0.3, -0.25) is 0 Å². The third-order valence-electron chi connectivity index (χ3n) is 3.00. The van der Waals surface area contributed by atoms with Crippen molar-refractivity contribution in [2.24, 2.45) is 5.73 Å². The van der Waals surface area contributed by atoms with Crippen LogP contribution in [0.3, 0.4) is 0 Å². The van der Waals surface area contributed by atoms with Crippen LogP contribution in [0.4, 0.5) is 0 Å². The Morgan fingerprint density at radius 2 is 2.25 bits per heavy atom. The molecule has 4 heteroatoms. The molecule has 0 aromatic heterocycles. The van der Waals surface area contributed by atoms with Crippen molar-refractivity contribution in [3.8, 4) is 0 Å². The summed E-state index contributed by atoms with van der Waals surface area (Å²) in [5, 5.41) is 0. The van der Waals surface area contributed by atoms with E-state index in [0.29, 0.717) is 12.8 Å². The van der Waals surface area contributed by atoms with Crippen LogP contribution < -0.4 is 5.73 Å². The number of ether oxygens (including phenoxy) is 2. The second kappa shape index (κ2) is 2.00. The van der Waals surface area contributed by atoms with Gasteiger partial charge in [0.25, 0.3) is 0 Å². The van der Waals surface area contributed by atoms with Gasteiger partial charge in [-0.15, -0.1) is 0 Å². The second-order valence-corrected chi connectivity index (χ2v) is 3.83. The molecular formula is C8H13NO3. The molecule has 1 atom stereocenters. The lowest BCUT2D eigenvalue weighted by atomic mass is 9.67. The van der Waals surface area contributed by atoms with E-state index in [1.807, 2.05) is 6.92 Å². The zero-order valence-corrected chi connectivity index (χ0v) is 7.29. The van der Waals surface area contributed by atoms with Crippen molar-refractivity contribution >= 4 is 5.97 Å². The first-order chi connectivity index (χ1) is 5.52. The molecule has 3 aliphatic rings. The summed E-state index contributed by atoms with van der Waals surface area (Å²) >= 11 is 0.